The Morgan fingerprint density at radius 3 is 1.33 bits per heavy atom. The number of phenolic OH excluding ortho intramolecular Hbond substituents is 3. The van der Waals surface area contributed by atoms with Crippen molar-refractivity contribution < 1.29 is 77.0 Å². The molecule has 0 radical (unpaired) electrons. The number of aromatic hydroxyl groups is 3. The first-order valence-electron chi connectivity index (χ1n) is 19.4. The zero-order chi connectivity index (χ0) is 53.4. The summed E-state index contributed by atoms with van der Waals surface area (Å²) in [5.74, 6) is -2.63. The van der Waals surface area contributed by atoms with Crippen LogP contribution in [-0.2, 0) is 40.5 Å². The van der Waals surface area contributed by atoms with Gasteiger partial charge in [0, 0.05) is 35.6 Å². The number of nitrogens with one attached hydrogen (secondary N) is 2. The third-order valence-electron chi connectivity index (χ3n) is 9.78. The highest BCUT2D eigenvalue weighted by Crippen LogP contribution is 2.48. The first-order valence-corrected chi connectivity index (χ1v) is 25.2. The van der Waals surface area contributed by atoms with Gasteiger partial charge >= 0.3 is 0 Å². The molecule has 29 nitrogen and oxygen atoms in total. The number of anilines is 4. The molecular weight excluding hydrogens is 1050 g/mol. The Morgan fingerprint density at radius 2 is 0.890 bits per heavy atom. The lowest BCUT2D eigenvalue weighted by Crippen LogP contribution is -2.04. The highest BCUT2D eigenvalue weighted by atomic mass is 32.2. The number of nitro groups is 2. The second-order valence-electron chi connectivity index (χ2n) is 14.6. The normalized spacial score (nSPS) is 12.5. The number of non-ortho nitro benzene ring substituents is 2. The molecule has 0 fully saturated rings. The van der Waals surface area contributed by atoms with Gasteiger partial charge in [0.15, 0.2) is 17.2 Å². The van der Waals surface area contributed by atoms with Crippen LogP contribution in [0.4, 0.5) is 68.2 Å². The summed E-state index contributed by atoms with van der Waals surface area (Å²) in [7, 11) is -20.3. The van der Waals surface area contributed by atoms with Crippen LogP contribution in [0.3, 0.4) is 0 Å². The number of phenols is 3. The van der Waals surface area contributed by atoms with Crippen molar-refractivity contribution in [3.63, 3.8) is 0 Å². The Kier molecular flexibility index (Phi) is 14.0. The first kappa shape index (κ1) is 51.9. The fourth-order valence-electron chi connectivity index (χ4n) is 6.44. The van der Waals surface area contributed by atoms with Gasteiger partial charge in [-0.1, -0.05) is 0 Å². The maximum atomic E-state index is 12.6. The molecule has 0 atom stereocenters. The van der Waals surface area contributed by atoms with Crippen LogP contribution in [0.2, 0.25) is 0 Å². The van der Waals surface area contributed by atoms with E-state index in [1.165, 1.54) is 48.5 Å². The molecule has 9 N–H and O–H groups in total. The van der Waals surface area contributed by atoms with E-state index in [9.17, 15) is 87.4 Å². The van der Waals surface area contributed by atoms with Crippen LogP contribution < -0.4 is 10.6 Å². The van der Waals surface area contributed by atoms with E-state index in [0.717, 1.165) is 36.4 Å². The van der Waals surface area contributed by atoms with E-state index in [2.05, 4.69) is 41.3 Å². The van der Waals surface area contributed by atoms with Crippen molar-refractivity contribution in [3.8, 4) is 17.2 Å². The highest BCUT2D eigenvalue weighted by molar-refractivity contribution is 7.86. The second kappa shape index (κ2) is 19.7. The van der Waals surface area contributed by atoms with Crippen LogP contribution in [-0.4, -0.2) is 77.0 Å². The molecule has 376 valence electrons. The summed E-state index contributed by atoms with van der Waals surface area (Å²) >= 11 is 0. The first-order chi connectivity index (χ1) is 34.1. The van der Waals surface area contributed by atoms with Crippen molar-refractivity contribution in [1.82, 2.24) is 0 Å². The summed E-state index contributed by atoms with van der Waals surface area (Å²) in [4.78, 5) is 16.9. The van der Waals surface area contributed by atoms with Crippen molar-refractivity contribution in [3.05, 3.63) is 135 Å². The molecule has 7 aromatic rings. The van der Waals surface area contributed by atoms with Gasteiger partial charge in [-0.3, -0.25) is 38.4 Å². The Morgan fingerprint density at radius 1 is 0.438 bits per heavy atom. The standard InChI is InChI=1S/C40H28N10O19S4/c51-32-14-13-30(39(52)37(32)47-43-23-5-1-21(2-6-23)41-28-11-9-25(49(54)55)17-33(28)71(61,62)63)45-46-31-19-27(70(58,59)60)15-20-16-35(73(67,68)69)38(40(53)36(20)31)48-44-24-7-3-22(4-8-24)42-29-12-10-26(50(56)57)18-34(29)72(64,65)66/h1-19,41-42,51-53H,(H,58,59,60)(H,61,62,63)(H,64,65,66)(H,67,68,69)/b46-45+,47-43?,48-44?. The quantitative estimate of drug-likeness (QED) is 0.0188. The summed E-state index contributed by atoms with van der Waals surface area (Å²) < 4.78 is 137. The molecule has 0 saturated carbocycles. The SMILES string of the molecule is O=[N+]([O-])c1ccc(Nc2ccc(N=Nc3c(O)ccc(/N=N/c4cc(S(=O)(=O)O)cc5cc(S(=O)(=O)O)c(N=Nc6ccc(Nc7ccc([N+](=O)[O-])cc7S(=O)(=O)O)cc6)c(O)c45)c3O)cc2)c(S(=O)(=O)O)c1. The molecule has 0 aliphatic carbocycles. The van der Waals surface area contributed by atoms with Gasteiger partial charge in [-0.25, -0.2) is 0 Å². The molecule has 0 bridgehead atoms. The molecule has 0 aliphatic rings. The lowest BCUT2D eigenvalue weighted by atomic mass is 10.1. The topological polar surface area (TPSA) is 463 Å². The van der Waals surface area contributed by atoms with Gasteiger partial charge in [-0.05, 0) is 96.4 Å². The lowest BCUT2D eigenvalue weighted by Gasteiger charge is -2.12. The van der Waals surface area contributed by atoms with E-state index in [4.69, 9.17) is 0 Å². The predicted molar refractivity (Wildman–Crippen MR) is 253 cm³/mol. The monoisotopic (exact) mass is 1080 g/mol. The second-order valence-corrected chi connectivity index (χ2v) is 20.2. The number of hydrogen-bond donors (Lipinski definition) is 9. The number of nitrogens with zero attached hydrogens (tertiary/aromatic N) is 8. The summed E-state index contributed by atoms with van der Waals surface area (Å²) in [6.07, 6.45) is 0. The van der Waals surface area contributed by atoms with Gasteiger partial charge in [-0.15, -0.1) is 20.5 Å². The van der Waals surface area contributed by atoms with Crippen LogP contribution >= 0.6 is 0 Å². The average molecular weight is 1080 g/mol. The van der Waals surface area contributed by atoms with E-state index in [-0.39, 0.29) is 34.1 Å². The van der Waals surface area contributed by atoms with Gasteiger partial charge in [0.1, 0.15) is 31.8 Å². The van der Waals surface area contributed by atoms with Crippen molar-refractivity contribution in [2.75, 3.05) is 10.6 Å². The molecule has 7 rings (SSSR count). The predicted octanol–water partition coefficient (Wildman–Crippen LogP) is 9.49. The maximum Gasteiger partial charge on any atom is 0.296 e. The minimum absolute atomic E-state index is 0.0711. The molecule has 0 saturated heterocycles. The Bertz CT molecular complexity index is 4010. The highest BCUT2D eigenvalue weighted by Gasteiger charge is 2.27. The Labute approximate surface area is 408 Å². The summed E-state index contributed by atoms with van der Waals surface area (Å²) in [5.41, 5.74) is -4.03. The van der Waals surface area contributed by atoms with Gasteiger partial charge < -0.3 is 26.0 Å². The molecule has 0 heterocycles. The molecule has 0 spiro atoms. The largest absolute Gasteiger partial charge is 0.505 e. The van der Waals surface area contributed by atoms with E-state index in [1.807, 2.05) is 0 Å². The number of fused-ring (bicyclic) bond motifs is 1. The third kappa shape index (κ3) is 11.8. The van der Waals surface area contributed by atoms with Crippen molar-refractivity contribution in [2.45, 2.75) is 19.6 Å². The lowest BCUT2D eigenvalue weighted by molar-refractivity contribution is -0.385. The van der Waals surface area contributed by atoms with Crippen LogP contribution in [0.5, 0.6) is 17.2 Å². The molecule has 33 heteroatoms. The van der Waals surface area contributed by atoms with E-state index in [1.54, 1.807) is 0 Å². The molecule has 7 aromatic carbocycles. The summed E-state index contributed by atoms with van der Waals surface area (Å²) in [6.45, 7) is 0. The van der Waals surface area contributed by atoms with Crippen molar-refractivity contribution in [2.24, 2.45) is 30.7 Å². The average Bonchev–Trinajstić information content (AvgIpc) is 3.30. The van der Waals surface area contributed by atoms with Crippen LogP contribution in [0, 0.1) is 20.2 Å². The van der Waals surface area contributed by atoms with Gasteiger partial charge in [-0.2, -0.15) is 43.9 Å². The van der Waals surface area contributed by atoms with Gasteiger partial charge in [0.25, 0.3) is 51.8 Å². The van der Waals surface area contributed by atoms with Crippen molar-refractivity contribution in [1.29, 1.82) is 0 Å². The Balaban J connectivity index is 1.20. The zero-order valence-electron chi connectivity index (χ0n) is 35.7. The zero-order valence-corrected chi connectivity index (χ0v) is 39.0. The third-order valence-corrected chi connectivity index (χ3v) is 13.3. The van der Waals surface area contributed by atoms with Crippen molar-refractivity contribution >= 4 is 119 Å². The molecule has 73 heavy (non-hydrogen) atoms. The van der Waals surface area contributed by atoms with E-state index >= 15 is 0 Å². The number of rotatable bonds is 16. The molecule has 0 aromatic heterocycles. The van der Waals surface area contributed by atoms with Crippen LogP contribution in [0.15, 0.2) is 166 Å². The van der Waals surface area contributed by atoms with Gasteiger partial charge in [0.05, 0.1) is 48.6 Å². The minimum atomic E-state index is -5.33. The fraction of sp³-hybridized carbons (Fsp3) is 0. The molecule has 0 amide bonds. The number of benzene rings is 7. The number of nitro benzene ring substituents is 2. The number of hydrogen-bond acceptors (Lipinski definition) is 23. The van der Waals surface area contributed by atoms with Gasteiger partial charge in [0.2, 0.25) is 0 Å². The number of azo groups is 3. The maximum absolute atomic E-state index is 12.6. The van der Waals surface area contributed by atoms with Crippen LogP contribution in [0.1, 0.15) is 0 Å². The fourth-order valence-corrected chi connectivity index (χ4v) is 8.96. The molecular formula is C40H28N10O19S4. The molecule has 0 unspecified atom stereocenters. The van der Waals surface area contributed by atoms with E-state index in [0.29, 0.717) is 30.3 Å². The summed E-state index contributed by atoms with van der Waals surface area (Å²) in [6, 6.07) is 19.8. The minimum Gasteiger partial charge on any atom is -0.505 e. The Hall–Kier alpha value is -8.96. The molecule has 0 aliphatic heterocycles. The van der Waals surface area contributed by atoms with E-state index < -0.39 is 132 Å². The smallest absolute Gasteiger partial charge is 0.296 e. The van der Waals surface area contributed by atoms with Crippen LogP contribution in [0.25, 0.3) is 10.8 Å². The summed E-state index contributed by atoms with van der Waals surface area (Å²) in [5, 5.41) is 83.0.